The number of aliphatic hydroxyl groups excluding tert-OH is 1. The molecule has 274 valence electrons. The van der Waals surface area contributed by atoms with Gasteiger partial charge in [0.25, 0.3) is 5.91 Å². The lowest BCUT2D eigenvalue weighted by molar-refractivity contribution is -0.165. The van der Waals surface area contributed by atoms with Crippen LogP contribution < -0.4 is 4.90 Å². The number of likely N-dealkylation sites (tertiary alicyclic amines) is 1. The number of carbonyl (C=O) groups is 4. The molecule has 1 N–H and O–H groups in total. The van der Waals surface area contributed by atoms with Gasteiger partial charge in [0.2, 0.25) is 11.8 Å². The predicted molar refractivity (Wildman–Crippen MR) is 199 cm³/mol. The van der Waals surface area contributed by atoms with Crippen LogP contribution in [0.1, 0.15) is 57.6 Å². The highest BCUT2D eigenvalue weighted by Crippen LogP contribution is 2.59. The normalized spacial score (nSPS) is 24.9. The maximum atomic E-state index is 15.0. The number of esters is 1. The summed E-state index contributed by atoms with van der Waals surface area (Å²) in [5.41, 5.74) is 0.0507. The minimum Gasteiger partial charge on any atom is -0.455 e. The fraction of sp³-hybridized carbons (Fsp3) is 0.429. The Labute approximate surface area is 305 Å². The van der Waals surface area contributed by atoms with Crippen LogP contribution in [0.2, 0.25) is 0 Å². The first-order valence-corrected chi connectivity index (χ1v) is 18.3. The zero-order chi connectivity index (χ0) is 37.2. The van der Waals surface area contributed by atoms with E-state index in [9.17, 15) is 24.3 Å². The lowest BCUT2D eigenvalue weighted by atomic mass is 9.70. The quantitative estimate of drug-likeness (QED) is 0.162. The fourth-order valence-electron chi connectivity index (χ4n) is 8.51. The van der Waals surface area contributed by atoms with Crippen LogP contribution in [-0.4, -0.2) is 88.6 Å². The van der Waals surface area contributed by atoms with E-state index in [2.05, 4.69) is 13.2 Å². The number of hydrogen-bond acceptors (Lipinski definition) is 7. The lowest BCUT2D eigenvalue weighted by Gasteiger charge is -2.39. The number of likely N-dealkylation sites (N-methyl/N-ethyl adjacent to an activating group) is 1. The molecule has 3 heterocycles. The molecule has 1 spiro atoms. The van der Waals surface area contributed by atoms with Gasteiger partial charge in [0.05, 0.1) is 36.6 Å². The van der Waals surface area contributed by atoms with E-state index >= 15 is 0 Å². The van der Waals surface area contributed by atoms with E-state index in [0.717, 1.165) is 10.8 Å². The molecule has 0 aliphatic carbocycles. The van der Waals surface area contributed by atoms with E-state index in [1.807, 2.05) is 86.6 Å². The van der Waals surface area contributed by atoms with Crippen LogP contribution in [0.15, 0.2) is 98.1 Å². The Morgan fingerprint density at radius 3 is 2.44 bits per heavy atom. The van der Waals surface area contributed by atoms with Gasteiger partial charge in [-0.1, -0.05) is 79.7 Å². The van der Waals surface area contributed by atoms with Crippen molar-refractivity contribution >= 4 is 40.2 Å². The van der Waals surface area contributed by atoms with E-state index in [1.165, 1.54) is 4.90 Å². The number of ether oxygens (including phenoxy) is 2. The van der Waals surface area contributed by atoms with Gasteiger partial charge in [0, 0.05) is 25.7 Å². The number of carbonyl (C=O) groups excluding carboxylic acids is 4. The molecule has 3 saturated heterocycles. The van der Waals surface area contributed by atoms with E-state index in [-0.39, 0.29) is 31.4 Å². The van der Waals surface area contributed by atoms with E-state index in [1.54, 1.807) is 29.0 Å². The summed E-state index contributed by atoms with van der Waals surface area (Å²) in [6.07, 6.45) is 3.90. The number of allylic oxidation sites excluding steroid dienone is 1. The lowest BCUT2D eigenvalue weighted by Crippen LogP contribution is -2.59. The summed E-state index contributed by atoms with van der Waals surface area (Å²) in [6.45, 7) is 11.1. The molecule has 6 rings (SSSR count). The first-order chi connectivity index (χ1) is 25.1. The molecular formula is C42H49N3O7. The predicted octanol–water partition coefficient (Wildman–Crippen LogP) is 5.60. The number of anilines is 1. The summed E-state index contributed by atoms with van der Waals surface area (Å²) in [5, 5.41) is 12.5. The topological polar surface area (TPSA) is 117 Å². The average molecular weight is 708 g/mol. The number of fused-ring (bicyclic) bond motifs is 2. The molecule has 10 nitrogen and oxygen atoms in total. The summed E-state index contributed by atoms with van der Waals surface area (Å²) in [7, 11) is 1.69. The van der Waals surface area contributed by atoms with Gasteiger partial charge in [0.15, 0.2) is 0 Å². The van der Waals surface area contributed by atoms with Crippen LogP contribution in [0, 0.1) is 11.8 Å². The first-order valence-electron chi connectivity index (χ1n) is 18.3. The molecule has 0 saturated carbocycles. The minimum atomic E-state index is -1.30. The molecule has 3 aliphatic heterocycles. The zero-order valence-electron chi connectivity index (χ0n) is 30.2. The van der Waals surface area contributed by atoms with Crippen molar-refractivity contribution in [3.05, 3.63) is 104 Å². The average Bonchev–Trinajstić information content (AvgIpc) is 3.82. The summed E-state index contributed by atoms with van der Waals surface area (Å²) in [5.74, 6) is -3.45. The van der Waals surface area contributed by atoms with Crippen LogP contribution >= 0.6 is 0 Å². The van der Waals surface area contributed by atoms with Crippen molar-refractivity contribution in [1.29, 1.82) is 0 Å². The van der Waals surface area contributed by atoms with Crippen molar-refractivity contribution in [2.75, 3.05) is 25.1 Å². The van der Waals surface area contributed by atoms with Crippen molar-refractivity contribution in [1.82, 2.24) is 9.80 Å². The van der Waals surface area contributed by atoms with E-state index in [4.69, 9.17) is 9.47 Å². The number of aliphatic hydroxyl groups is 1. The smallest absolute Gasteiger partial charge is 0.313 e. The van der Waals surface area contributed by atoms with Crippen LogP contribution in [0.3, 0.4) is 0 Å². The Morgan fingerprint density at radius 1 is 1.06 bits per heavy atom. The molecule has 8 atom stereocenters. The SMILES string of the molecule is C=CCCC(=O)N(C)[C@H](C)[C@H](OC(=O)[C@@H]1[C@H]2C(=O)N([C@@H](CC)CO)[C@H](C(=O)N(CC=C)c3ccc4ccccc4c3)[C@]23CC[C@H]1O3)c1ccccc1. The van der Waals surface area contributed by atoms with Gasteiger partial charge in [-0.2, -0.15) is 0 Å². The number of amides is 3. The summed E-state index contributed by atoms with van der Waals surface area (Å²) < 4.78 is 13.1. The molecule has 3 aromatic rings. The molecule has 3 aromatic carbocycles. The van der Waals surface area contributed by atoms with E-state index < -0.39 is 59.6 Å². The van der Waals surface area contributed by atoms with Crippen molar-refractivity contribution < 1.29 is 33.8 Å². The Morgan fingerprint density at radius 2 is 1.77 bits per heavy atom. The molecular weight excluding hydrogens is 658 g/mol. The Hall–Kier alpha value is -4.80. The third-order valence-corrected chi connectivity index (χ3v) is 11.3. The highest BCUT2D eigenvalue weighted by Gasteiger charge is 2.75. The molecule has 2 bridgehead atoms. The van der Waals surface area contributed by atoms with Gasteiger partial charge in [-0.15, -0.1) is 13.2 Å². The number of benzene rings is 3. The Balaban J connectivity index is 1.36. The van der Waals surface area contributed by atoms with Gasteiger partial charge in [-0.05, 0) is 61.1 Å². The summed E-state index contributed by atoms with van der Waals surface area (Å²) >= 11 is 0. The monoisotopic (exact) mass is 707 g/mol. The standard InChI is InChI=1S/C42H49N3O7/c1-6-9-19-34(47)43(5)27(4)37(29-16-11-10-12-17-29)51-41(50)35-33-22-23-42(52-33)36(35)39(48)45(31(8-3)26-46)38(42)40(49)44(24-7-2)32-21-20-28-15-13-14-18-30(28)25-32/h6-7,10-18,20-21,25,27,31,33,35-38,46H,1-2,8-9,19,22-24,26H2,3-5H3/t27-,31+,33-,35+,36+,37+,38-,42+/m1/s1. The fourth-order valence-corrected chi connectivity index (χ4v) is 8.51. The van der Waals surface area contributed by atoms with Crippen molar-refractivity contribution in [2.24, 2.45) is 11.8 Å². The van der Waals surface area contributed by atoms with Gasteiger partial charge in [-0.25, -0.2) is 0 Å². The number of rotatable bonds is 15. The molecule has 0 unspecified atom stereocenters. The van der Waals surface area contributed by atoms with Gasteiger partial charge in [0.1, 0.15) is 17.7 Å². The second-order valence-corrected chi connectivity index (χ2v) is 14.2. The second-order valence-electron chi connectivity index (χ2n) is 14.2. The first kappa shape index (κ1) is 37.0. The van der Waals surface area contributed by atoms with Gasteiger partial charge in [-0.3, -0.25) is 19.2 Å². The highest BCUT2D eigenvalue weighted by atomic mass is 16.6. The number of nitrogens with zero attached hydrogens (tertiary/aromatic N) is 3. The van der Waals surface area contributed by atoms with Crippen molar-refractivity contribution in [3.8, 4) is 0 Å². The Bertz CT molecular complexity index is 1830. The van der Waals surface area contributed by atoms with Gasteiger partial charge < -0.3 is 29.3 Å². The van der Waals surface area contributed by atoms with Crippen LogP contribution in [0.4, 0.5) is 5.69 Å². The largest absolute Gasteiger partial charge is 0.455 e. The third kappa shape index (κ3) is 6.43. The van der Waals surface area contributed by atoms with Crippen molar-refractivity contribution in [3.63, 3.8) is 0 Å². The molecule has 3 fully saturated rings. The van der Waals surface area contributed by atoms with Crippen LogP contribution in [0.5, 0.6) is 0 Å². The number of hydrogen-bond donors (Lipinski definition) is 1. The minimum absolute atomic E-state index is 0.111. The maximum absolute atomic E-state index is 15.0. The maximum Gasteiger partial charge on any atom is 0.313 e. The second kappa shape index (κ2) is 15.4. The molecule has 3 aliphatic rings. The molecule has 10 heteroatoms. The van der Waals surface area contributed by atoms with Crippen LogP contribution in [-0.2, 0) is 28.7 Å². The highest BCUT2D eigenvalue weighted by molar-refractivity contribution is 6.05. The third-order valence-electron chi connectivity index (χ3n) is 11.3. The Kier molecular flexibility index (Phi) is 11.0. The molecule has 0 radical (unpaired) electrons. The van der Waals surface area contributed by atoms with Crippen LogP contribution in [0.25, 0.3) is 10.8 Å². The molecule has 0 aromatic heterocycles. The summed E-state index contributed by atoms with van der Waals surface area (Å²) in [6, 6.07) is 20.6. The zero-order valence-corrected chi connectivity index (χ0v) is 30.2. The summed E-state index contributed by atoms with van der Waals surface area (Å²) in [4.78, 5) is 61.9. The van der Waals surface area contributed by atoms with Crippen molar-refractivity contribution in [2.45, 2.75) is 81.9 Å². The van der Waals surface area contributed by atoms with Gasteiger partial charge >= 0.3 is 5.97 Å². The molecule has 52 heavy (non-hydrogen) atoms. The molecule has 3 amide bonds. The van der Waals surface area contributed by atoms with E-state index in [0.29, 0.717) is 36.9 Å².